The molecule has 1 heterocycles. The van der Waals surface area contributed by atoms with E-state index >= 15 is 0 Å². The molecule has 2 nitrogen and oxygen atoms in total. The summed E-state index contributed by atoms with van der Waals surface area (Å²) in [4.78, 5) is 1.12. The third kappa shape index (κ3) is 5.12. The molecule has 0 fully saturated rings. The van der Waals surface area contributed by atoms with Crippen LogP contribution < -0.4 is 3.96 Å². The second-order valence-corrected chi connectivity index (χ2v) is 4.15. The summed E-state index contributed by atoms with van der Waals surface area (Å²) >= 11 is 1.66. The van der Waals surface area contributed by atoms with Crippen molar-refractivity contribution in [3.8, 4) is 6.07 Å². The predicted molar refractivity (Wildman–Crippen MR) is 54.6 cm³/mol. The van der Waals surface area contributed by atoms with Crippen LogP contribution in [0.2, 0.25) is 0 Å². The fourth-order valence-corrected chi connectivity index (χ4v) is 2.09. The first-order valence-electron chi connectivity index (χ1n) is 4.48. The molecule has 1 rings (SSSR count). The SMILES string of the molecule is CC[n+]1sc(C)c(C#N)c1C.F[B-](F)(F)F. The van der Waals surface area contributed by atoms with Crippen LogP contribution in [0.1, 0.15) is 23.1 Å². The van der Waals surface area contributed by atoms with Crippen LogP contribution in [0.4, 0.5) is 17.3 Å². The molecule has 0 bridgehead atoms. The molecule has 0 saturated carbocycles. The van der Waals surface area contributed by atoms with Gasteiger partial charge in [0, 0.05) is 6.92 Å². The van der Waals surface area contributed by atoms with E-state index in [2.05, 4.69) is 16.9 Å². The van der Waals surface area contributed by atoms with Crippen LogP contribution in [0.5, 0.6) is 0 Å². The summed E-state index contributed by atoms with van der Waals surface area (Å²) in [5, 5.41) is 8.75. The Balaban J connectivity index is 0.000000385. The van der Waals surface area contributed by atoms with E-state index in [9.17, 15) is 17.3 Å². The molecule has 0 atom stereocenters. The maximum atomic E-state index is 9.75. The zero-order chi connectivity index (χ0) is 12.9. The number of aromatic nitrogens is 1. The van der Waals surface area contributed by atoms with E-state index in [4.69, 9.17) is 5.26 Å². The normalized spacial score (nSPS) is 10.4. The fraction of sp³-hybridized carbons (Fsp3) is 0.500. The zero-order valence-corrected chi connectivity index (χ0v) is 9.92. The largest absolute Gasteiger partial charge is 0.673 e. The number of aryl methyl sites for hydroxylation is 2. The lowest BCUT2D eigenvalue weighted by Gasteiger charge is -1.94. The van der Waals surface area contributed by atoms with E-state index in [1.807, 2.05) is 13.8 Å². The van der Waals surface area contributed by atoms with Crippen molar-refractivity contribution in [3.05, 3.63) is 16.1 Å². The maximum absolute atomic E-state index is 9.75. The van der Waals surface area contributed by atoms with Gasteiger partial charge in [-0.1, -0.05) is 0 Å². The number of rotatable bonds is 1. The zero-order valence-electron chi connectivity index (χ0n) is 9.10. The lowest BCUT2D eigenvalue weighted by atomic mass is 10.2. The summed E-state index contributed by atoms with van der Waals surface area (Å²) in [5.74, 6) is 0. The van der Waals surface area contributed by atoms with E-state index in [0.29, 0.717) is 0 Å². The lowest BCUT2D eigenvalue weighted by Crippen LogP contribution is -2.29. The highest BCUT2D eigenvalue weighted by atomic mass is 32.1. The summed E-state index contributed by atoms with van der Waals surface area (Å²) in [7, 11) is -6.00. The summed E-state index contributed by atoms with van der Waals surface area (Å²) < 4.78 is 41.1. The van der Waals surface area contributed by atoms with Crippen LogP contribution in [0.25, 0.3) is 0 Å². The highest BCUT2D eigenvalue weighted by molar-refractivity contribution is 7.01. The minimum absolute atomic E-state index is 0.844. The Morgan fingerprint density at radius 1 is 1.31 bits per heavy atom. The Hall–Kier alpha value is -1.10. The number of halogens is 4. The Bertz CT molecular complexity index is 388. The smallest absolute Gasteiger partial charge is 0.418 e. The van der Waals surface area contributed by atoms with Crippen molar-refractivity contribution in [1.82, 2.24) is 0 Å². The predicted octanol–water partition coefficient (Wildman–Crippen LogP) is 2.84. The molecule has 1 aromatic rings. The quantitative estimate of drug-likeness (QED) is 0.430. The van der Waals surface area contributed by atoms with Crippen molar-refractivity contribution in [2.75, 3.05) is 0 Å². The minimum Gasteiger partial charge on any atom is -0.418 e. The number of nitrogens with zero attached hydrogens (tertiary/aromatic N) is 2. The second-order valence-electron chi connectivity index (χ2n) is 2.91. The highest BCUT2D eigenvalue weighted by Gasteiger charge is 2.20. The van der Waals surface area contributed by atoms with Crippen molar-refractivity contribution in [2.45, 2.75) is 27.3 Å². The number of nitriles is 1. The molecule has 0 unspecified atom stereocenters. The van der Waals surface area contributed by atoms with Gasteiger partial charge in [0.2, 0.25) is 5.69 Å². The van der Waals surface area contributed by atoms with Gasteiger partial charge >= 0.3 is 7.25 Å². The Morgan fingerprint density at radius 3 is 1.94 bits per heavy atom. The first-order valence-corrected chi connectivity index (χ1v) is 5.25. The highest BCUT2D eigenvalue weighted by Crippen LogP contribution is 2.13. The van der Waals surface area contributed by atoms with Crippen molar-refractivity contribution in [1.29, 1.82) is 5.26 Å². The van der Waals surface area contributed by atoms with E-state index in [1.165, 1.54) is 0 Å². The van der Waals surface area contributed by atoms with E-state index in [0.717, 1.165) is 22.7 Å². The molecule has 0 N–H and O–H groups in total. The number of hydrogen-bond donors (Lipinski definition) is 0. The van der Waals surface area contributed by atoms with Crippen molar-refractivity contribution >= 4 is 18.8 Å². The molecule has 90 valence electrons. The minimum atomic E-state index is -6.00. The Labute approximate surface area is 95.4 Å². The molecule has 1 aromatic heterocycles. The third-order valence-corrected chi connectivity index (χ3v) is 2.96. The van der Waals surface area contributed by atoms with Gasteiger partial charge < -0.3 is 17.3 Å². The summed E-state index contributed by atoms with van der Waals surface area (Å²) in [6, 6.07) is 2.21. The molecule has 0 aliphatic carbocycles. The number of hydrogen-bond acceptors (Lipinski definition) is 2. The van der Waals surface area contributed by atoms with E-state index in [1.54, 1.807) is 11.5 Å². The Kier molecular flexibility index (Phi) is 5.44. The van der Waals surface area contributed by atoms with Gasteiger partial charge in [-0.25, -0.2) is 0 Å². The van der Waals surface area contributed by atoms with E-state index in [-0.39, 0.29) is 0 Å². The molecule has 0 amide bonds. The lowest BCUT2D eigenvalue weighted by molar-refractivity contribution is -0.631. The van der Waals surface area contributed by atoms with Crippen LogP contribution in [0.3, 0.4) is 0 Å². The van der Waals surface area contributed by atoms with Crippen LogP contribution in [0.15, 0.2) is 0 Å². The third-order valence-electron chi connectivity index (χ3n) is 1.73. The molecular formula is C8H11BF4N2S. The average Bonchev–Trinajstić information content (AvgIpc) is 2.38. The molecule has 8 heteroatoms. The van der Waals surface area contributed by atoms with Crippen LogP contribution in [-0.2, 0) is 6.54 Å². The van der Waals surface area contributed by atoms with Gasteiger partial charge in [0.25, 0.3) is 0 Å². The molecule has 0 aliphatic heterocycles. The Morgan fingerprint density at radius 2 is 1.75 bits per heavy atom. The average molecular weight is 254 g/mol. The van der Waals surface area contributed by atoms with Gasteiger partial charge in [-0.2, -0.15) is 5.26 Å². The summed E-state index contributed by atoms with van der Waals surface area (Å²) in [5.41, 5.74) is 1.94. The van der Waals surface area contributed by atoms with Crippen molar-refractivity contribution in [2.24, 2.45) is 0 Å². The van der Waals surface area contributed by atoms with Gasteiger partial charge in [0.05, 0.1) is 4.88 Å². The fourth-order valence-electron chi connectivity index (χ4n) is 1.12. The monoisotopic (exact) mass is 254 g/mol. The van der Waals surface area contributed by atoms with Crippen LogP contribution in [0, 0.1) is 25.2 Å². The van der Waals surface area contributed by atoms with Gasteiger partial charge in [-0.05, 0) is 13.8 Å². The van der Waals surface area contributed by atoms with Crippen LogP contribution >= 0.6 is 11.5 Å². The molecule has 0 saturated heterocycles. The molecule has 0 radical (unpaired) electrons. The molecule has 16 heavy (non-hydrogen) atoms. The topological polar surface area (TPSA) is 27.7 Å². The van der Waals surface area contributed by atoms with Crippen molar-refractivity contribution < 1.29 is 21.2 Å². The molecule has 0 aromatic carbocycles. The van der Waals surface area contributed by atoms with Crippen LogP contribution in [-0.4, -0.2) is 7.25 Å². The van der Waals surface area contributed by atoms with Gasteiger partial charge in [-0.3, -0.25) is 0 Å². The molecule has 0 aliphatic rings. The van der Waals surface area contributed by atoms with Gasteiger partial charge in [0.15, 0.2) is 6.54 Å². The maximum Gasteiger partial charge on any atom is 0.673 e. The van der Waals surface area contributed by atoms with Crippen molar-refractivity contribution in [3.63, 3.8) is 0 Å². The standard InChI is InChI=1S/C8H11N2S.BF4/c1-4-10-6(2)8(5-9)7(3)11-10;2-1(3,4)5/h4H2,1-3H3;/q+1;-1. The molecule has 0 spiro atoms. The van der Waals surface area contributed by atoms with Gasteiger partial charge in [0.1, 0.15) is 23.2 Å². The first-order chi connectivity index (χ1) is 7.20. The summed E-state index contributed by atoms with van der Waals surface area (Å²) in [6.07, 6.45) is 0. The first kappa shape index (κ1) is 14.9. The van der Waals surface area contributed by atoms with E-state index < -0.39 is 7.25 Å². The second kappa shape index (κ2) is 5.84. The molecular weight excluding hydrogens is 243 g/mol. The van der Waals surface area contributed by atoms with Gasteiger partial charge in [-0.15, -0.1) is 3.96 Å². The summed E-state index contributed by atoms with van der Waals surface area (Å²) in [6.45, 7) is 7.02.